The van der Waals surface area contributed by atoms with Gasteiger partial charge < -0.3 is 5.11 Å². The van der Waals surface area contributed by atoms with E-state index in [0.29, 0.717) is 39.5 Å². The highest BCUT2D eigenvalue weighted by atomic mass is 16.3. The Morgan fingerprint density at radius 1 is 0.647 bits per heavy atom. The van der Waals surface area contributed by atoms with Crippen LogP contribution in [0.25, 0.3) is 11.4 Å². The van der Waals surface area contributed by atoms with Crippen molar-refractivity contribution in [3.05, 3.63) is 134 Å². The Morgan fingerprint density at radius 3 is 1.50 bits per heavy atom. The van der Waals surface area contributed by atoms with Crippen LogP contribution in [0, 0.1) is 13.8 Å². The molecule has 7 nitrogen and oxygen atoms in total. The number of aromatic nitrogens is 4. The number of aryl methyl sites for hydroxylation is 2. The van der Waals surface area contributed by atoms with Crippen LogP contribution < -0.4 is 11.1 Å². The van der Waals surface area contributed by atoms with Crippen molar-refractivity contribution in [2.45, 2.75) is 19.8 Å². The Kier molecular flexibility index (Phi) is 5.30. The summed E-state index contributed by atoms with van der Waals surface area (Å²) in [5, 5.41) is 17.1. The molecule has 0 unspecified atom stereocenters. The molecule has 0 aliphatic rings. The number of rotatable bonds is 5. The number of benzene rings is 3. The van der Waals surface area contributed by atoms with Crippen LogP contribution >= 0.6 is 0 Å². The zero-order valence-electron chi connectivity index (χ0n) is 18.8. The fourth-order valence-electron chi connectivity index (χ4n) is 4.50. The molecule has 0 aliphatic heterocycles. The van der Waals surface area contributed by atoms with Gasteiger partial charge in [0.1, 0.15) is 5.75 Å². The van der Waals surface area contributed by atoms with Gasteiger partial charge in [-0.2, -0.15) is 0 Å². The van der Waals surface area contributed by atoms with Crippen molar-refractivity contribution in [1.82, 2.24) is 19.6 Å². The average Bonchev–Trinajstić information content (AvgIpc) is 3.32. The molecule has 0 fully saturated rings. The number of para-hydroxylation sites is 3. The molecule has 7 heteroatoms. The third kappa shape index (κ3) is 3.47. The number of nitrogens with one attached hydrogen (secondary N) is 2. The van der Waals surface area contributed by atoms with E-state index >= 15 is 0 Å². The molecule has 0 aliphatic carbocycles. The van der Waals surface area contributed by atoms with E-state index in [2.05, 4.69) is 10.2 Å². The van der Waals surface area contributed by atoms with Gasteiger partial charge >= 0.3 is 0 Å². The van der Waals surface area contributed by atoms with Gasteiger partial charge in [-0.1, -0.05) is 54.6 Å². The van der Waals surface area contributed by atoms with Gasteiger partial charge in [-0.15, -0.1) is 0 Å². The lowest BCUT2D eigenvalue weighted by Gasteiger charge is -2.17. The smallest absolute Gasteiger partial charge is 0.275 e. The predicted molar refractivity (Wildman–Crippen MR) is 131 cm³/mol. The largest absolute Gasteiger partial charge is 0.508 e. The molecule has 3 N–H and O–H groups in total. The Morgan fingerprint density at radius 2 is 1.06 bits per heavy atom. The van der Waals surface area contributed by atoms with Crippen molar-refractivity contribution < 1.29 is 5.11 Å². The van der Waals surface area contributed by atoms with Crippen LogP contribution in [0.5, 0.6) is 5.75 Å². The van der Waals surface area contributed by atoms with Gasteiger partial charge in [0.25, 0.3) is 11.1 Å². The van der Waals surface area contributed by atoms with Crippen LogP contribution in [-0.4, -0.2) is 24.7 Å². The van der Waals surface area contributed by atoms with Crippen molar-refractivity contribution in [2.24, 2.45) is 0 Å². The maximum Gasteiger partial charge on any atom is 0.275 e. The average molecular weight is 453 g/mol. The minimum Gasteiger partial charge on any atom is -0.508 e. The molecule has 0 bridgehead atoms. The molecule has 0 atom stereocenters. The van der Waals surface area contributed by atoms with Gasteiger partial charge in [-0.25, -0.2) is 9.36 Å². The summed E-state index contributed by atoms with van der Waals surface area (Å²) < 4.78 is 2.94. The highest BCUT2D eigenvalue weighted by molar-refractivity contribution is 5.51. The van der Waals surface area contributed by atoms with E-state index in [9.17, 15) is 14.7 Å². The molecule has 0 saturated heterocycles. The van der Waals surface area contributed by atoms with Gasteiger partial charge in [0, 0.05) is 17.0 Å². The summed E-state index contributed by atoms with van der Waals surface area (Å²) >= 11 is 0. The quantitative estimate of drug-likeness (QED) is 0.374. The first-order valence-electron chi connectivity index (χ1n) is 11.0. The maximum absolute atomic E-state index is 13.7. The second-order valence-electron chi connectivity index (χ2n) is 8.25. The van der Waals surface area contributed by atoms with Crippen molar-refractivity contribution in [1.29, 1.82) is 0 Å². The summed E-state index contributed by atoms with van der Waals surface area (Å²) in [5.74, 6) is -0.756. The zero-order chi connectivity index (χ0) is 23.8. The molecule has 2 heterocycles. The van der Waals surface area contributed by atoms with Crippen LogP contribution in [0.2, 0.25) is 0 Å². The van der Waals surface area contributed by atoms with Crippen molar-refractivity contribution in [2.75, 3.05) is 0 Å². The summed E-state index contributed by atoms with van der Waals surface area (Å²) in [6.07, 6.45) is 0. The lowest BCUT2D eigenvalue weighted by atomic mass is 9.85. The zero-order valence-corrected chi connectivity index (χ0v) is 18.8. The monoisotopic (exact) mass is 452 g/mol. The minimum atomic E-state index is -0.774. The normalized spacial score (nSPS) is 11.3. The summed E-state index contributed by atoms with van der Waals surface area (Å²) in [7, 11) is 0. The molecular formula is C27H24N4O3. The van der Waals surface area contributed by atoms with Gasteiger partial charge in [0.2, 0.25) is 0 Å². The molecule has 2 aromatic heterocycles. The Balaban J connectivity index is 1.79. The lowest BCUT2D eigenvalue weighted by Crippen LogP contribution is -2.25. The molecule has 0 radical (unpaired) electrons. The fraction of sp³-hybridized carbons (Fsp3) is 0.111. The van der Waals surface area contributed by atoms with Crippen molar-refractivity contribution in [3.8, 4) is 17.1 Å². The molecule has 34 heavy (non-hydrogen) atoms. The van der Waals surface area contributed by atoms with Crippen LogP contribution in [0.15, 0.2) is 94.5 Å². The van der Waals surface area contributed by atoms with E-state index in [-0.39, 0.29) is 16.9 Å². The summed E-state index contributed by atoms with van der Waals surface area (Å²) in [6, 6.07) is 25.3. The molecule has 0 spiro atoms. The SMILES string of the molecule is Cc1[nH]n(-c2ccccc2)c(=O)c1C(c1ccccc1O)c1c(C)[nH]n(-c2ccccc2)c1=O. The number of aromatic amines is 2. The molecule has 5 rings (SSSR count). The number of nitrogens with zero attached hydrogens (tertiary/aromatic N) is 2. The number of hydrogen-bond acceptors (Lipinski definition) is 3. The van der Waals surface area contributed by atoms with Crippen LogP contribution in [-0.2, 0) is 0 Å². The summed E-state index contributed by atoms with van der Waals surface area (Å²) in [6.45, 7) is 3.61. The van der Waals surface area contributed by atoms with Crippen molar-refractivity contribution in [3.63, 3.8) is 0 Å². The topological polar surface area (TPSA) is 95.8 Å². The minimum absolute atomic E-state index is 0.0185. The highest BCUT2D eigenvalue weighted by Gasteiger charge is 2.32. The lowest BCUT2D eigenvalue weighted by molar-refractivity contribution is 0.467. The second kappa shape index (κ2) is 8.44. The molecule has 0 amide bonds. The first-order chi connectivity index (χ1) is 16.5. The number of hydrogen-bond donors (Lipinski definition) is 3. The molecule has 170 valence electrons. The van der Waals surface area contributed by atoms with E-state index in [1.54, 1.807) is 38.1 Å². The Hall–Kier alpha value is -4.52. The van der Waals surface area contributed by atoms with E-state index in [1.807, 2.05) is 60.7 Å². The Labute approximate surface area is 195 Å². The number of H-pyrrole nitrogens is 2. The van der Waals surface area contributed by atoms with E-state index in [4.69, 9.17) is 0 Å². The third-order valence-electron chi connectivity index (χ3n) is 6.09. The first-order valence-corrected chi connectivity index (χ1v) is 11.0. The van der Waals surface area contributed by atoms with Gasteiger partial charge in [-0.05, 0) is 44.2 Å². The highest BCUT2D eigenvalue weighted by Crippen LogP contribution is 2.36. The number of phenolic OH excluding ortho intramolecular Hbond substituents is 1. The van der Waals surface area contributed by atoms with E-state index in [1.165, 1.54) is 9.36 Å². The van der Waals surface area contributed by atoms with E-state index in [0.717, 1.165) is 0 Å². The van der Waals surface area contributed by atoms with Crippen LogP contribution in [0.4, 0.5) is 0 Å². The molecule has 5 aromatic rings. The maximum atomic E-state index is 13.7. The number of phenols is 1. The molecular weight excluding hydrogens is 428 g/mol. The van der Waals surface area contributed by atoms with Gasteiger partial charge in [0.05, 0.1) is 28.4 Å². The van der Waals surface area contributed by atoms with Gasteiger partial charge in [0.15, 0.2) is 0 Å². The molecule has 0 saturated carbocycles. The van der Waals surface area contributed by atoms with E-state index < -0.39 is 5.92 Å². The predicted octanol–water partition coefficient (Wildman–Crippen LogP) is 4.15. The standard InChI is InChI=1S/C27H24N4O3/c1-17-23(26(33)30(28-17)19-11-5-3-6-12-19)25(21-15-9-10-16-22(21)32)24-18(2)29-31(27(24)34)20-13-7-4-8-14-20/h3-16,25,28-29,32H,1-2H3. The molecule has 3 aromatic carbocycles. The summed E-state index contributed by atoms with van der Waals surface area (Å²) in [4.78, 5) is 27.4. The van der Waals surface area contributed by atoms with Crippen LogP contribution in [0.1, 0.15) is 34.0 Å². The fourth-order valence-corrected chi connectivity index (χ4v) is 4.50. The summed E-state index contributed by atoms with van der Waals surface area (Å²) in [5.41, 5.74) is 3.36. The first kappa shape index (κ1) is 21.3. The third-order valence-corrected chi connectivity index (χ3v) is 6.09. The Bertz CT molecular complexity index is 1480. The second-order valence-corrected chi connectivity index (χ2v) is 8.25. The van der Waals surface area contributed by atoms with Gasteiger partial charge in [-0.3, -0.25) is 19.8 Å². The van der Waals surface area contributed by atoms with Crippen LogP contribution in [0.3, 0.4) is 0 Å². The van der Waals surface area contributed by atoms with Crippen molar-refractivity contribution >= 4 is 0 Å². The number of aromatic hydroxyl groups is 1.